The second-order valence-corrected chi connectivity index (χ2v) is 5.63. The molecule has 102 valence electrons. The minimum absolute atomic E-state index is 0.470. The van der Waals surface area contributed by atoms with Gasteiger partial charge in [-0.25, -0.2) is 0 Å². The zero-order valence-corrected chi connectivity index (χ0v) is 11.2. The molecule has 4 rings (SSSR count). The van der Waals surface area contributed by atoms with E-state index in [-0.39, 0.29) is 0 Å². The van der Waals surface area contributed by atoms with Crippen molar-refractivity contribution in [3.63, 3.8) is 0 Å². The summed E-state index contributed by atoms with van der Waals surface area (Å²) in [6.07, 6.45) is 5.19. The van der Waals surface area contributed by atoms with Gasteiger partial charge < -0.3 is 13.9 Å². The van der Waals surface area contributed by atoms with E-state index in [9.17, 15) is 9.90 Å². The lowest BCUT2D eigenvalue weighted by molar-refractivity contribution is -0.147. The summed E-state index contributed by atoms with van der Waals surface area (Å²) < 4.78 is 11.0. The Kier molecular flexibility index (Phi) is 2.25. The number of carboxylic acid groups (broad SMARTS) is 1. The number of fused-ring (bicyclic) bond motifs is 2. The van der Waals surface area contributed by atoms with E-state index >= 15 is 0 Å². The summed E-state index contributed by atoms with van der Waals surface area (Å²) in [6, 6.07) is 3.51. The lowest BCUT2D eigenvalue weighted by Gasteiger charge is -2.38. The molecule has 1 aromatic carbocycles. The monoisotopic (exact) mass is 290 g/mol. The largest absolute Gasteiger partial charge is 0.481 e. The fourth-order valence-electron chi connectivity index (χ4n) is 3.17. The number of carboxylic acids is 1. The minimum Gasteiger partial charge on any atom is -0.481 e. The van der Waals surface area contributed by atoms with Crippen LogP contribution in [0, 0.1) is 0 Å². The van der Waals surface area contributed by atoms with Gasteiger partial charge in [0.2, 0.25) is 0 Å². The summed E-state index contributed by atoms with van der Waals surface area (Å²) in [5.74, 6) is -0.814. The van der Waals surface area contributed by atoms with E-state index in [0.29, 0.717) is 40.0 Å². The molecule has 2 aromatic heterocycles. The van der Waals surface area contributed by atoms with Gasteiger partial charge in [-0.1, -0.05) is 18.0 Å². The van der Waals surface area contributed by atoms with Crippen LogP contribution in [0.4, 0.5) is 0 Å². The Bertz CT molecular complexity index is 786. The molecule has 0 atom stereocenters. The van der Waals surface area contributed by atoms with E-state index < -0.39 is 11.4 Å². The van der Waals surface area contributed by atoms with Gasteiger partial charge in [-0.05, 0) is 25.0 Å². The Labute approximate surface area is 118 Å². The minimum atomic E-state index is -0.886. The van der Waals surface area contributed by atoms with Gasteiger partial charge in [-0.15, -0.1) is 0 Å². The van der Waals surface area contributed by atoms with Crippen LogP contribution in [0.25, 0.3) is 21.9 Å². The number of aliphatic carboxylic acids is 1. The highest BCUT2D eigenvalue weighted by Crippen LogP contribution is 2.51. The van der Waals surface area contributed by atoms with Crippen LogP contribution in [-0.2, 0) is 10.2 Å². The zero-order valence-electron chi connectivity index (χ0n) is 10.5. The van der Waals surface area contributed by atoms with Crippen molar-refractivity contribution in [2.75, 3.05) is 0 Å². The highest BCUT2D eigenvalue weighted by Gasteiger charge is 2.49. The molecule has 0 amide bonds. The molecule has 1 aliphatic carbocycles. The molecule has 0 radical (unpaired) electrons. The van der Waals surface area contributed by atoms with Crippen LogP contribution in [0.5, 0.6) is 0 Å². The molecule has 1 saturated carbocycles. The Morgan fingerprint density at radius 2 is 1.80 bits per heavy atom. The van der Waals surface area contributed by atoms with Crippen molar-refractivity contribution in [2.24, 2.45) is 0 Å². The number of benzene rings is 1. The van der Waals surface area contributed by atoms with Gasteiger partial charge >= 0.3 is 5.97 Å². The van der Waals surface area contributed by atoms with E-state index in [1.807, 2.05) is 0 Å². The van der Waals surface area contributed by atoms with Crippen LogP contribution in [0.3, 0.4) is 0 Å². The summed E-state index contributed by atoms with van der Waals surface area (Å²) in [6.45, 7) is 0. The van der Waals surface area contributed by atoms with Crippen LogP contribution >= 0.6 is 11.6 Å². The van der Waals surface area contributed by atoms with Gasteiger partial charge in [-0.2, -0.15) is 0 Å². The maximum Gasteiger partial charge on any atom is 0.314 e. The van der Waals surface area contributed by atoms with Crippen LogP contribution in [-0.4, -0.2) is 11.1 Å². The SMILES string of the molecule is O=C(O)C1(c2c3ccoc3c(Cl)c3ccoc23)CCC1. The quantitative estimate of drug-likeness (QED) is 0.762. The lowest BCUT2D eigenvalue weighted by Crippen LogP contribution is -2.42. The summed E-state index contributed by atoms with van der Waals surface area (Å²) >= 11 is 6.32. The van der Waals surface area contributed by atoms with Gasteiger partial charge in [-0.3, -0.25) is 4.79 Å². The van der Waals surface area contributed by atoms with E-state index in [1.165, 1.54) is 12.5 Å². The predicted octanol–water partition coefficient (Wildman–Crippen LogP) is 4.34. The lowest BCUT2D eigenvalue weighted by atomic mass is 9.63. The molecule has 1 fully saturated rings. The first-order valence-electron chi connectivity index (χ1n) is 6.45. The Balaban J connectivity index is 2.20. The van der Waals surface area contributed by atoms with Gasteiger partial charge in [0.25, 0.3) is 0 Å². The highest BCUT2D eigenvalue weighted by atomic mass is 35.5. The average Bonchev–Trinajstić information content (AvgIpc) is 3.00. The normalized spacial score (nSPS) is 17.4. The van der Waals surface area contributed by atoms with Crippen molar-refractivity contribution < 1.29 is 18.7 Å². The molecule has 1 aliphatic rings. The van der Waals surface area contributed by atoms with Crippen LogP contribution < -0.4 is 0 Å². The topological polar surface area (TPSA) is 63.6 Å². The number of furan rings is 2. The molecule has 3 aromatic rings. The summed E-state index contributed by atoms with van der Waals surface area (Å²) in [5, 5.41) is 11.6. The van der Waals surface area contributed by atoms with Gasteiger partial charge in [0.05, 0.1) is 23.0 Å². The van der Waals surface area contributed by atoms with Crippen LogP contribution in [0.15, 0.2) is 33.5 Å². The molecule has 0 saturated heterocycles. The maximum absolute atomic E-state index is 11.8. The molecule has 4 nitrogen and oxygen atoms in total. The van der Waals surface area contributed by atoms with Crippen LogP contribution in [0.2, 0.25) is 5.02 Å². The molecule has 5 heteroatoms. The molecule has 0 spiro atoms. The van der Waals surface area contributed by atoms with E-state index in [1.54, 1.807) is 12.1 Å². The molecular formula is C15H11ClO4. The third kappa shape index (κ3) is 1.25. The second kappa shape index (κ2) is 3.79. The molecule has 1 N–H and O–H groups in total. The number of carbonyl (C=O) groups is 1. The van der Waals surface area contributed by atoms with E-state index in [4.69, 9.17) is 20.4 Å². The van der Waals surface area contributed by atoms with Crippen molar-refractivity contribution in [1.82, 2.24) is 0 Å². The summed E-state index contributed by atoms with van der Waals surface area (Å²) in [5.41, 5.74) is 0.904. The first-order valence-corrected chi connectivity index (χ1v) is 6.83. The van der Waals surface area contributed by atoms with Crippen molar-refractivity contribution in [3.05, 3.63) is 35.2 Å². The average molecular weight is 291 g/mol. The van der Waals surface area contributed by atoms with Crippen molar-refractivity contribution in [2.45, 2.75) is 24.7 Å². The van der Waals surface area contributed by atoms with Gasteiger partial charge in [0.1, 0.15) is 5.58 Å². The number of hydrogen-bond donors (Lipinski definition) is 1. The van der Waals surface area contributed by atoms with E-state index in [2.05, 4.69) is 0 Å². The van der Waals surface area contributed by atoms with Crippen LogP contribution in [0.1, 0.15) is 24.8 Å². The van der Waals surface area contributed by atoms with Crippen molar-refractivity contribution in [3.8, 4) is 0 Å². The molecule has 2 heterocycles. The fraction of sp³-hybridized carbons (Fsp3) is 0.267. The fourth-order valence-corrected chi connectivity index (χ4v) is 3.47. The highest BCUT2D eigenvalue weighted by molar-refractivity contribution is 6.40. The number of hydrogen-bond acceptors (Lipinski definition) is 3. The number of halogens is 1. The standard InChI is InChI=1S/C15H11ClO4/c16-11-9-3-7-19-12(9)10(8-2-6-20-13(8)11)15(14(17)18)4-1-5-15/h2-3,6-7H,1,4-5H2,(H,17,18). The molecular weight excluding hydrogens is 280 g/mol. The Morgan fingerprint density at radius 3 is 2.40 bits per heavy atom. The molecule has 0 aliphatic heterocycles. The Morgan fingerprint density at radius 1 is 1.15 bits per heavy atom. The smallest absolute Gasteiger partial charge is 0.314 e. The van der Waals surface area contributed by atoms with Gasteiger partial charge in [0, 0.05) is 16.3 Å². The summed E-state index contributed by atoms with van der Waals surface area (Å²) in [4.78, 5) is 11.8. The maximum atomic E-state index is 11.8. The van der Waals surface area contributed by atoms with E-state index in [0.717, 1.165) is 11.8 Å². The first kappa shape index (κ1) is 11.9. The van der Waals surface area contributed by atoms with Gasteiger partial charge in [0.15, 0.2) is 5.58 Å². The van der Waals surface area contributed by atoms with Crippen molar-refractivity contribution in [1.29, 1.82) is 0 Å². The summed E-state index contributed by atoms with van der Waals surface area (Å²) in [7, 11) is 0. The second-order valence-electron chi connectivity index (χ2n) is 5.26. The Hall–Kier alpha value is -1.94. The third-order valence-electron chi connectivity index (χ3n) is 4.36. The molecule has 0 bridgehead atoms. The third-order valence-corrected chi connectivity index (χ3v) is 4.73. The number of rotatable bonds is 2. The first-order chi connectivity index (χ1) is 9.65. The van der Waals surface area contributed by atoms with Crippen molar-refractivity contribution >= 4 is 39.5 Å². The zero-order chi connectivity index (χ0) is 13.9. The molecule has 20 heavy (non-hydrogen) atoms. The molecule has 0 unspecified atom stereocenters. The predicted molar refractivity (Wildman–Crippen MR) is 74.2 cm³/mol.